The molecule has 6 nitrogen and oxygen atoms in total. The Morgan fingerprint density at radius 1 is 1.27 bits per heavy atom. The summed E-state index contributed by atoms with van der Waals surface area (Å²) in [5, 5.41) is 12.2. The summed E-state index contributed by atoms with van der Waals surface area (Å²) >= 11 is 0. The molecular weight excluding hydrogens is 280 g/mol. The van der Waals surface area contributed by atoms with E-state index in [1.54, 1.807) is 29.2 Å². The van der Waals surface area contributed by atoms with Crippen molar-refractivity contribution in [2.75, 3.05) is 12.3 Å². The minimum Gasteiger partial charge on any atom is -0.398 e. The number of carbonyl (C=O) groups excluding carboxylic acids is 2. The second-order valence-corrected chi connectivity index (χ2v) is 5.20. The van der Waals surface area contributed by atoms with Gasteiger partial charge in [-0.1, -0.05) is 12.1 Å². The summed E-state index contributed by atoms with van der Waals surface area (Å²) in [6, 6.07) is 7.22. The number of piperidine rings is 1. The summed E-state index contributed by atoms with van der Waals surface area (Å²) in [6.45, 7) is 2.51. The molecule has 0 radical (unpaired) electrons. The standard InChI is InChI=1S/C14H18N2O2.C2H4N2/c1-10-6-7-11(9-17)8-16(10)14(18)12-4-2-3-5-13(12)15;3-1-2-4/h2-5,9-11H,6-8,15H2,1H3;1-4H/t10-,11-;/m1./s1. The zero-order chi connectivity index (χ0) is 16.5. The lowest BCUT2D eigenvalue weighted by molar-refractivity contribution is -0.112. The molecule has 0 saturated carbocycles. The quantitative estimate of drug-likeness (QED) is 0.451. The number of amides is 1. The Morgan fingerprint density at radius 3 is 2.45 bits per heavy atom. The molecule has 0 aromatic heterocycles. The van der Waals surface area contributed by atoms with Gasteiger partial charge < -0.3 is 26.2 Å². The minimum atomic E-state index is -0.0767. The average Bonchev–Trinajstić information content (AvgIpc) is 2.55. The van der Waals surface area contributed by atoms with Gasteiger partial charge >= 0.3 is 0 Å². The molecule has 2 rings (SSSR count). The number of nitrogen functional groups attached to an aromatic ring is 1. The number of hydrogen-bond acceptors (Lipinski definition) is 5. The molecule has 118 valence electrons. The molecule has 1 fully saturated rings. The molecule has 22 heavy (non-hydrogen) atoms. The summed E-state index contributed by atoms with van der Waals surface area (Å²) in [4.78, 5) is 25.1. The van der Waals surface area contributed by atoms with E-state index in [2.05, 4.69) is 0 Å². The SMILES string of the molecule is C[C@@H]1CC[C@@H](C=O)CN1C(=O)c1ccccc1N.N=CC=N. The fraction of sp³-hybridized carbons (Fsp3) is 0.375. The highest BCUT2D eigenvalue weighted by molar-refractivity contribution is 6.12. The maximum Gasteiger partial charge on any atom is 0.256 e. The van der Waals surface area contributed by atoms with Crippen molar-refractivity contribution in [3.63, 3.8) is 0 Å². The lowest BCUT2D eigenvalue weighted by Gasteiger charge is -2.36. The van der Waals surface area contributed by atoms with E-state index in [9.17, 15) is 9.59 Å². The number of likely N-dealkylation sites (tertiary alicyclic amines) is 1. The van der Waals surface area contributed by atoms with Crippen LogP contribution in [0.3, 0.4) is 0 Å². The van der Waals surface area contributed by atoms with Gasteiger partial charge in [-0.05, 0) is 31.9 Å². The summed E-state index contributed by atoms with van der Waals surface area (Å²) in [7, 11) is 0. The molecule has 1 aliphatic heterocycles. The summed E-state index contributed by atoms with van der Waals surface area (Å²) in [5.41, 5.74) is 6.84. The molecule has 1 aromatic carbocycles. The van der Waals surface area contributed by atoms with E-state index < -0.39 is 0 Å². The van der Waals surface area contributed by atoms with Crippen molar-refractivity contribution in [2.24, 2.45) is 5.92 Å². The molecule has 0 aliphatic carbocycles. The highest BCUT2D eigenvalue weighted by atomic mass is 16.2. The monoisotopic (exact) mass is 302 g/mol. The third-order valence-electron chi connectivity index (χ3n) is 3.65. The van der Waals surface area contributed by atoms with Gasteiger partial charge in [-0.3, -0.25) is 4.79 Å². The number of nitrogens with zero attached hydrogens (tertiary/aromatic N) is 1. The van der Waals surface area contributed by atoms with Gasteiger partial charge in [0, 0.05) is 36.6 Å². The molecule has 4 N–H and O–H groups in total. The summed E-state index contributed by atoms with van der Waals surface area (Å²) in [5.74, 6) is -0.123. The predicted octanol–water partition coefficient (Wildman–Crippen LogP) is 1.99. The van der Waals surface area contributed by atoms with E-state index >= 15 is 0 Å². The molecule has 1 aromatic rings. The van der Waals surface area contributed by atoms with E-state index in [0.717, 1.165) is 31.6 Å². The first-order chi connectivity index (χ1) is 10.5. The van der Waals surface area contributed by atoms with Crippen LogP contribution in [0.15, 0.2) is 24.3 Å². The lowest BCUT2D eigenvalue weighted by Crippen LogP contribution is -2.46. The highest BCUT2D eigenvalue weighted by Crippen LogP contribution is 2.24. The van der Waals surface area contributed by atoms with Crippen LogP contribution >= 0.6 is 0 Å². The number of nitrogens with two attached hydrogens (primary N) is 1. The Bertz CT molecular complexity index is 539. The van der Waals surface area contributed by atoms with Crippen LogP contribution in [0, 0.1) is 16.7 Å². The third kappa shape index (κ3) is 4.51. The van der Waals surface area contributed by atoms with Gasteiger partial charge in [-0.15, -0.1) is 0 Å². The van der Waals surface area contributed by atoms with Gasteiger partial charge in [0.1, 0.15) is 6.29 Å². The van der Waals surface area contributed by atoms with Crippen LogP contribution in [-0.2, 0) is 4.79 Å². The number of anilines is 1. The second kappa shape index (κ2) is 8.71. The van der Waals surface area contributed by atoms with Crippen molar-refractivity contribution in [1.82, 2.24) is 4.90 Å². The number of nitrogens with one attached hydrogen (secondary N) is 2. The number of benzene rings is 1. The highest BCUT2D eigenvalue weighted by Gasteiger charge is 2.29. The first-order valence-corrected chi connectivity index (χ1v) is 7.15. The maximum atomic E-state index is 12.4. The van der Waals surface area contributed by atoms with Crippen LogP contribution in [0.2, 0.25) is 0 Å². The molecular formula is C16H22N4O2. The van der Waals surface area contributed by atoms with Crippen molar-refractivity contribution >= 4 is 30.3 Å². The molecule has 6 heteroatoms. The van der Waals surface area contributed by atoms with Crippen molar-refractivity contribution < 1.29 is 9.59 Å². The molecule has 1 aliphatic rings. The van der Waals surface area contributed by atoms with Gasteiger partial charge in [0.15, 0.2) is 0 Å². The fourth-order valence-electron chi connectivity index (χ4n) is 2.38. The Labute approximate surface area is 130 Å². The number of para-hydroxylation sites is 1. The molecule has 1 amide bonds. The molecule has 0 spiro atoms. The zero-order valence-electron chi connectivity index (χ0n) is 12.7. The molecule has 1 saturated heterocycles. The molecule has 2 atom stereocenters. The zero-order valence-corrected chi connectivity index (χ0v) is 12.7. The van der Waals surface area contributed by atoms with Gasteiger partial charge in [0.2, 0.25) is 0 Å². The van der Waals surface area contributed by atoms with Gasteiger partial charge in [0.05, 0.1) is 5.56 Å². The van der Waals surface area contributed by atoms with Crippen molar-refractivity contribution in [3.8, 4) is 0 Å². The number of carbonyl (C=O) groups is 2. The smallest absolute Gasteiger partial charge is 0.256 e. The second-order valence-electron chi connectivity index (χ2n) is 5.20. The molecule has 0 bridgehead atoms. The first kappa shape index (κ1) is 17.6. The van der Waals surface area contributed by atoms with Crippen LogP contribution in [0.4, 0.5) is 5.69 Å². The van der Waals surface area contributed by atoms with Crippen LogP contribution in [0.25, 0.3) is 0 Å². The average molecular weight is 302 g/mol. The predicted molar refractivity (Wildman–Crippen MR) is 87.7 cm³/mol. The van der Waals surface area contributed by atoms with Crippen LogP contribution < -0.4 is 5.73 Å². The van der Waals surface area contributed by atoms with Crippen molar-refractivity contribution in [1.29, 1.82) is 10.8 Å². The van der Waals surface area contributed by atoms with E-state index in [4.69, 9.17) is 16.6 Å². The molecule has 0 unspecified atom stereocenters. The number of hydrogen-bond donors (Lipinski definition) is 3. The van der Waals surface area contributed by atoms with Crippen LogP contribution in [-0.4, -0.2) is 42.1 Å². The van der Waals surface area contributed by atoms with Crippen molar-refractivity contribution in [2.45, 2.75) is 25.8 Å². The lowest BCUT2D eigenvalue weighted by atomic mass is 9.94. The first-order valence-electron chi connectivity index (χ1n) is 7.15. The van der Waals surface area contributed by atoms with Crippen LogP contribution in [0.1, 0.15) is 30.1 Å². The Hall–Kier alpha value is -2.50. The van der Waals surface area contributed by atoms with Gasteiger partial charge in [0.25, 0.3) is 5.91 Å². The summed E-state index contributed by atoms with van der Waals surface area (Å²) in [6.07, 6.45) is 4.50. The largest absolute Gasteiger partial charge is 0.398 e. The fourth-order valence-corrected chi connectivity index (χ4v) is 2.38. The van der Waals surface area contributed by atoms with Crippen LogP contribution in [0.5, 0.6) is 0 Å². The van der Waals surface area contributed by atoms with E-state index in [1.807, 2.05) is 6.92 Å². The Morgan fingerprint density at radius 2 is 1.91 bits per heavy atom. The molecule has 1 heterocycles. The summed E-state index contributed by atoms with van der Waals surface area (Å²) < 4.78 is 0. The Kier molecular flexibility index (Phi) is 6.95. The maximum absolute atomic E-state index is 12.4. The van der Waals surface area contributed by atoms with E-state index in [1.165, 1.54) is 0 Å². The van der Waals surface area contributed by atoms with Crippen molar-refractivity contribution in [3.05, 3.63) is 29.8 Å². The van der Waals surface area contributed by atoms with E-state index in [0.29, 0.717) is 17.8 Å². The number of rotatable bonds is 3. The normalized spacial score (nSPS) is 20.3. The van der Waals surface area contributed by atoms with Gasteiger partial charge in [-0.25, -0.2) is 0 Å². The Balaban J connectivity index is 0.000000541. The minimum absolute atomic E-state index is 0.0462. The number of aldehydes is 1. The van der Waals surface area contributed by atoms with Gasteiger partial charge in [-0.2, -0.15) is 0 Å². The van der Waals surface area contributed by atoms with E-state index in [-0.39, 0.29) is 17.9 Å². The topological polar surface area (TPSA) is 111 Å². The third-order valence-corrected chi connectivity index (χ3v) is 3.65.